The summed E-state index contributed by atoms with van der Waals surface area (Å²) < 4.78 is 0. The van der Waals surface area contributed by atoms with Gasteiger partial charge in [0.25, 0.3) is 0 Å². The van der Waals surface area contributed by atoms with Crippen molar-refractivity contribution in [2.75, 3.05) is 19.7 Å². The molecule has 90 valence electrons. The molecule has 16 heavy (non-hydrogen) atoms. The smallest absolute Gasteiger partial charge is 0.110 e. The normalized spacial score (nSPS) is 19.8. The van der Waals surface area contributed by atoms with Crippen molar-refractivity contribution in [1.29, 1.82) is 0 Å². The van der Waals surface area contributed by atoms with E-state index in [1.807, 2.05) is 11.6 Å². The van der Waals surface area contributed by atoms with E-state index in [0.717, 1.165) is 12.8 Å². The minimum atomic E-state index is 0.287. The molecule has 3 nitrogen and oxygen atoms in total. The Kier molecular flexibility index (Phi) is 4.75. The van der Waals surface area contributed by atoms with Crippen molar-refractivity contribution in [3.05, 3.63) is 16.6 Å². The van der Waals surface area contributed by atoms with Crippen molar-refractivity contribution >= 4 is 11.3 Å². The van der Waals surface area contributed by atoms with Crippen LogP contribution in [0, 0.1) is 0 Å². The van der Waals surface area contributed by atoms with Gasteiger partial charge in [0.2, 0.25) is 0 Å². The van der Waals surface area contributed by atoms with Gasteiger partial charge in [0, 0.05) is 18.2 Å². The molecule has 4 heteroatoms. The third-order valence-corrected chi connectivity index (χ3v) is 4.08. The number of thiazole rings is 1. The first kappa shape index (κ1) is 12.0. The molecule has 0 saturated carbocycles. The highest BCUT2D eigenvalue weighted by atomic mass is 32.1. The molecule has 0 amide bonds. The zero-order valence-electron chi connectivity index (χ0n) is 9.64. The van der Waals surface area contributed by atoms with E-state index in [1.54, 1.807) is 11.3 Å². The summed E-state index contributed by atoms with van der Waals surface area (Å²) in [5.41, 5.74) is 0. The Balaban J connectivity index is 2.01. The monoisotopic (exact) mass is 240 g/mol. The fourth-order valence-corrected chi connectivity index (χ4v) is 3.18. The van der Waals surface area contributed by atoms with Gasteiger partial charge in [-0.2, -0.15) is 0 Å². The first-order valence-electron chi connectivity index (χ1n) is 6.16. The van der Waals surface area contributed by atoms with Crippen molar-refractivity contribution in [2.24, 2.45) is 0 Å². The second kappa shape index (κ2) is 6.33. The van der Waals surface area contributed by atoms with Crippen LogP contribution in [-0.4, -0.2) is 34.7 Å². The molecule has 0 aliphatic carbocycles. The lowest BCUT2D eigenvalue weighted by Crippen LogP contribution is -2.33. The van der Waals surface area contributed by atoms with Gasteiger partial charge < -0.3 is 5.11 Å². The molecule has 1 aliphatic rings. The van der Waals surface area contributed by atoms with Crippen LogP contribution in [0.4, 0.5) is 0 Å². The first-order valence-corrected chi connectivity index (χ1v) is 7.04. The molecule has 1 N–H and O–H groups in total. The summed E-state index contributed by atoms with van der Waals surface area (Å²) in [6, 6.07) is 0.437. The van der Waals surface area contributed by atoms with Gasteiger partial charge in [-0.05, 0) is 38.8 Å². The second-order valence-corrected chi connectivity index (χ2v) is 5.27. The molecule has 1 fully saturated rings. The minimum Gasteiger partial charge on any atom is -0.396 e. The topological polar surface area (TPSA) is 36.4 Å². The zero-order valence-corrected chi connectivity index (χ0v) is 10.5. The molecule has 0 spiro atoms. The Morgan fingerprint density at radius 2 is 2.19 bits per heavy atom. The molecule has 1 atom stereocenters. The molecule has 1 aromatic heterocycles. The molecule has 0 radical (unpaired) electrons. The lowest BCUT2D eigenvalue weighted by atomic mass is 10.1. The summed E-state index contributed by atoms with van der Waals surface area (Å²) in [5.74, 6) is 0. The third kappa shape index (κ3) is 3.03. The Morgan fingerprint density at radius 3 is 2.81 bits per heavy atom. The van der Waals surface area contributed by atoms with Gasteiger partial charge in [-0.25, -0.2) is 4.98 Å². The molecule has 1 unspecified atom stereocenters. The highest BCUT2D eigenvalue weighted by Gasteiger charge is 2.23. The summed E-state index contributed by atoms with van der Waals surface area (Å²) >= 11 is 1.74. The van der Waals surface area contributed by atoms with Gasteiger partial charge in [-0.3, -0.25) is 4.90 Å². The maximum absolute atomic E-state index is 8.98. The van der Waals surface area contributed by atoms with E-state index in [1.165, 1.54) is 37.4 Å². The second-order valence-electron chi connectivity index (χ2n) is 4.35. The summed E-state index contributed by atoms with van der Waals surface area (Å²) in [7, 11) is 0. The number of likely N-dealkylation sites (tertiary alicyclic amines) is 1. The Morgan fingerprint density at radius 1 is 1.38 bits per heavy atom. The summed E-state index contributed by atoms with van der Waals surface area (Å²) in [5, 5.41) is 12.2. The van der Waals surface area contributed by atoms with Gasteiger partial charge >= 0.3 is 0 Å². The van der Waals surface area contributed by atoms with E-state index in [2.05, 4.69) is 9.88 Å². The van der Waals surface area contributed by atoms with Gasteiger partial charge in [0.15, 0.2) is 0 Å². The number of aliphatic hydroxyl groups is 1. The van der Waals surface area contributed by atoms with Crippen LogP contribution in [0.25, 0.3) is 0 Å². The van der Waals surface area contributed by atoms with Gasteiger partial charge in [0.1, 0.15) is 5.01 Å². The van der Waals surface area contributed by atoms with Crippen LogP contribution in [0.15, 0.2) is 11.6 Å². The molecule has 1 aliphatic heterocycles. The highest BCUT2D eigenvalue weighted by Crippen LogP contribution is 2.29. The fourth-order valence-electron chi connectivity index (χ4n) is 2.38. The standard InChI is InChI=1S/C12H20N2OS/c15-9-4-5-11(12-13-6-10-16-12)14-7-2-1-3-8-14/h6,10-11,15H,1-5,7-9H2. The number of nitrogens with zero attached hydrogens (tertiary/aromatic N) is 2. The van der Waals surface area contributed by atoms with Crippen LogP contribution >= 0.6 is 11.3 Å². The number of hydrogen-bond acceptors (Lipinski definition) is 4. The van der Waals surface area contributed by atoms with Crippen LogP contribution in [-0.2, 0) is 0 Å². The predicted octanol–water partition coefficient (Wildman–Crippen LogP) is 2.44. The predicted molar refractivity (Wildman–Crippen MR) is 66.6 cm³/mol. The van der Waals surface area contributed by atoms with Crippen LogP contribution in [0.1, 0.15) is 43.2 Å². The number of piperidine rings is 1. The molecule has 1 saturated heterocycles. The average Bonchev–Trinajstić information content (AvgIpc) is 2.85. The first-order chi connectivity index (χ1) is 7.92. The van der Waals surface area contributed by atoms with Crippen LogP contribution in [0.2, 0.25) is 0 Å². The summed E-state index contributed by atoms with van der Waals surface area (Å²) in [6.45, 7) is 2.67. The van der Waals surface area contributed by atoms with Crippen LogP contribution in [0.5, 0.6) is 0 Å². The maximum atomic E-state index is 8.98. The van der Waals surface area contributed by atoms with E-state index in [9.17, 15) is 0 Å². The average molecular weight is 240 g/mol. The maximum Gasteiger partial charge on any atom is 0.110 e. The summed E-state index contributed by atoms with van der Waals surface area (Å²) in [4.78, 5) is 6.98. The lowest BCUT2D eigenvalue weighted by molar-refractivity contribution is 0.146. The van der Waals surface area contributed by atoms with E-state index < -0.39 is 0 Å². The number of aromatic nitrogens is 1. The minimum absolute atomic E-state index is 0.287. The van der Waals surface area contributed by atoms with E-state index in [4.69, 9.17) is 5.11 Å². The van der Waals surface area contributed by atoms with Crippen molar-refractivity contribution < 1.29 is 5.11 Å². The van der Waals surface area contributed by atoms with Crippen LogP contribution < -0.4 is 0 Å². The number of rotatable bonds is 5. The largest absolute Gasteiger partial charge is 0.396 e. The van der Waals surface area contributed by atoms with Crippen molar-refractivity contribution in [2.45, 2.75) is 38.1 Å². The van der Waals surface area contributed by atoms with Crippen molar-refractivity contribution in [1.82, 2.24) is 9.88 Å². The number of aliphatic hydroxyl groups excluding tert-OH is 1. The zero-order chi connectivity index (χ0) is 11.2. The summed E-state index contributed by atoms with van der Waals surface area (Å²) in [6.07, 6.45) is 7.77. The molecule has 0 aromatic carbocycles. The highest BCUT2D eigenvalue weighted by molar-refractivity contribution is 7.09. The van der Waals surface area contributed by atoms with Crippen molar-refractivity contribution in [3.63, 3.8) is 0 Å². The van der Waals surface area contributed by atoms with E-state index in [0.29, 0.717) is 6.04 Å². The van der Waals surface area contributed by atoms with E-state index >= 15 is 0 Å². The molecular formula is C12H20N2OS. The Bertz CT molecular complexity index is 283. The molecule has 2 heterocycles. The Hall–Kier alpha value is -0.450. The van der Waals surface area contributed by atoms with Gasteiger partial charge in [-0.15, -0.1) is 11.3 Å². The van der Waals surface area contributed by atoms with E-state index in [-0.39, 0.29) is 6.61 Å². The molecule has 1 aromatic rings. The third-order valence-electron chi connectivity index (χ3n) is 3.20. The fraction of sp³-hybridized carbons (Fsp3) is 0.750. The number of hydrogen-bond donors (Lipinski definition) is 1. The van der Waals surface area contributed by atoms with Crippen molar-refractivity contribution in [3.8, 4) is 0 Å². The van der Waals surface area contributed by atoms with Gasteiger partial charge in [-0.1, -0.05) is 6.42 Å². The van der Waals surface area contributed by atoms with Crippen LogP contribution in [0.3, 0.4) is 0 Å². The Labute approximate surface area is 101 Å². The molecule has 0 bridgehead atoms. The molecular weight excluding hydrogens is 220 g/mol. The van der Waals surface area contributed by atoms with Gasteiger partial charge in [0.05, 0.1) is 6.04 Å². The molecule has 2 rings (SSSR count). The lowest BCUT2D eigenvalue weighted by Gasteiger charge is -2.33. The quantitative estimate of drug-likeness (QED) is 0.859. The SMILES string of the molecule is OCCCC(c1nccs1)N1CCCCC1.